The lowest BCUT2D eigenvalue weighted by molar-refractivity contribution is 0.0209. The fraction of sp³-hybridized carbons (Fsp3) is 0.619. The number of aryl methyl sites for hydroxylation is 1. The minimum atomic E-state index is 0.445. The quantitative estimate of drug-likeness (QED) is 0.728. The molecule has 0 bridgehead atoms. The molecule has 1 saturated carbocycles. The van der Waals surface area contributed by atoms with Crippen LogP contribution in [0.3, 0.4) is 0 Å². The summed E-state index contributed by atoms with van der Waals surface area (Å²) in [6, 6.07) is 9.08. The second-order valence-electron chi connectivity index (χ2n) is 8.05. The maximum Gasteiger partial charge on any atom is 0.199 e. The average molecular weight is 387 g/mol. The molecule has 146 valence electrons. The highest BCUT2D eigenvalue weighted by Crippen LogP contribution is 2.36. The molecule has 0 radical (unpaired) electrons. The number of morpholine rings is 1. The van der Waals surface area contributed by atoms with Gasteiger partial charge in [0.15, 0.2) is 10.6 Å². The molecule has 4 rings (SSSR count). The number of hydrogen-bond acceptors (Lipinski definition) is 4. The standard InChI is InChI=1S/C21H30N4OS/c1-16-6-5-8-18(14-16)20-22-24(15-23-10-12-26-13-11-23)21(27)25(20)19-9-4-3-7-17(19)2/h5-6,8,14,17,19H,3-4,7,9-13,15H2,1-2H3/t17-,19-/m1/s1. The molecule has 5 nitrogen and oxygen atoms in total. The molecule has 2 aromatic rings. The third-order valence-corrected chi connectivity index (χ3v) is 6.39. The predicted molar refractivity (Wildman–Crippen MR) is 110 cm³/mol. The van der Waals surface area contributed by atoms with Crippen LogP contribution in [0.2, 0.25) is 0 Å². The third kappa shape index (κ3) is 4.03. The van der Waals surface area contributed by atoms with Crippen molar-refractivity contribution in [3.05, 3.63) is 34.6 Å². The Balaban J connectivity index is 1.75. The number of ether oxygens (including phenoxy) is 1. The van der Waals surface area contributed by atoms with Crippen molar-refractivity contribution in [3.63, 3.8) is 0 Å². The third-order valence-electron chi connectivity index (χ3n) is 5.98. The number of benzene rings is 1. The van der Waals surface area contributed by atoms with Gasteiger partial charge in [0.05, 0.1) is 19.9 Å². The lowest BCUT2D eigenvalue weighted by atomic mass is 9.85. The lowest BCUT2D eigenvalue weighted by Gasteiger charge is -2.30. The fourth-order valence-corrected chi connectivity index (χ4v) is 4.72. The van der Waals surface area contributed by atoms with Crippen molar-refractivity contribution in [1.82, 2.24) is 19.2 Å². The Morgan fingerprint density at radius 3 is 2.70 bits per heavy atom. The minimum Gasteiger partial charge on any atom is -0.379 e. The summed E-state index contributed by atoms with van der Waals surface area (Å²) in [7, 11) is 0. The summed E-state index contributed by atoms with van der Waals surface area (Å²) in [5.41, 5.74) is 2.42. The lowest BCUT2D eigenvalue weighted by Crippen LogP contribution is -2.37. The molecule has 0 amide bonds. The first-order valence-electron chi connectivity index (χ1n) is 10.2. The zero-order valence-electron chi connectivity index (χ0n) is 16.4. The van der Waals surface area contributed by atoms with Crippen LogP contribution < -0.4 is 0 Å². The van der Waals surface area contributed by atoms with Gasteiger partial charge in [-0.3, -0.25) is 9.47 Å². The smallest absolute Gasteiger partial charge is 0.199 e. The van der Waals surface area contributed by atoms with Crippen molar-refractivity contribution < 1.29 is 4.74 Å². The summed E-state index contributed by atoms with van der Waals surface area (Å²) in [4.78, 5) is 2.38. The van der Waals surface area contributed by atoms with Gasteiger partial charge in [-0.2, -0.15) is 5.10 Å². The van der Waals surface area contributed by atoms with Crippen LogP contribution in [0.25, 0.3) is 11.4 Å². The van der Waals surface area contributed by atoms with E-state index in [2.05, 4.69) is 47.6 Å². The summed E-state index contributed by atoms with van der Waals surface area (Å²) in [5, 5.41) is 5.02. The highest BCUT2D eigenvalue weighted by Gasteiger charge is 2.28. The van der Waals surface area contributed by atoms with E-state index in [1.165, 1.54) is 36.8 Å². The second-order valence-corrected chi connectivity index (χ2v) is 8.41. The van der Waals surface area contributed by atoms with E-state index in [1.54, 1.807) is 0 Å². The van der Waals surface area contributed by atoms with Crippen molar-refractivity contribution in [1.29, 1.82) is 0 Å². The molecule has 1 aromatic heterocycles. The number of aromatic nitrogens is 3. The molecule has 2 heterocycles. The Morgan fingerprint density at radius 2 is 1.96 bits per heavy atom. The number of rotatable bonds is 4. The van der Waals surface area contributed by atoms with Gasteiger partial charge in [0.2, 0.25) is 0 Å². The normalized spacial score (nSPS) is 24.2. The summed E-state index contributed by atoms with van der Waals surface area (Å²) in [6.45, 7) is 8.70. The molecule has 1 aliphatic carbocycles. The van der Waals surface area contributed by atoms with E-state index in [1.807, 2.05) is 4.68 Å². The Labute approximate surface area is 166 Å². The van der Waals surface area contributed by atoms with E-state index in [4.69, 9.17) is 22.1 Å². The second kappa shape index (κ2) is 8.25. The first kappa shape index (κ1) is 18.8. The molecular weight excluding hydrogens is 356 g/mol. The minimum absolute atomic E-state index is 0.445. The van der Waals surface area contributed by atoms with Crippen molar-refractivity contribution >= 4 is 12.2 Å². The first-order chi connectivity index (χ1) is 13.1. The van der Waals surface area contributed by atoms with Gasteiger partial charge >= 0.3 is 0 Å². The summed E-state index contributed by atoms with van der Waals surface area (Å²) < 4.78 is 10.7. The summed E-state index contributed by atoms with van der Waals surface area (Å²) in [6.07, 6.45) is 5.07. The highest BCUT2D eigenvalue weighted by atomic mass is 32.1. The van der Waals surface area contributed by atoms with E-state index >= 15 is 0 Å². The van der Waals surface area contributed by atoms with Gasteiger partial charge in [-0.05, 0) is 44.0 Å². The SMILES string of the molecule is Cc1cccc(-c2nn(CN3CCOCC3)c(=S)n2[C@@H]2CCCC[C@H]2C)c1. The molecule has 1 saturated heterocycles. The van der Waals surface area contributed by atoms with Crippen LogP contribution in [-0.2, 0) is 11.4 Å². The van der Waals surface area contributed by atoms with Crippen molar-refractivity contribution in [3.8, 4) is 11.4 Å². The van der Waals surface area contributed by atoms with Gasteiger partial charge in [-0.15, -0.1) is 0 Å². The molecule has 0 spiro atoms. The van der Waals surface area contributed by atoms with Crippen LogP contribution in [-0.4, -0.2) is 45.6 Å². The Morgan fingerprint density at radius 1 is 1.19 bits per heavy atom. The van der Waals surface area contributed by atoms with Crippen molar-refractivity contribution in [2.24, 2.45) is 5.92 Å². The average Bonchev–Trinajstić information content (AvgIpc) is 2.99. The molecule has 2 aliphatic rings. The predicted octanol–water partition coefficient (Wildman–Crippen LogP) is 4.43. The van der Waals surface area contributed by atoms with Gasteiger partial charge in [0.25, 0.3) is 0 Å². The zero-order valence-corrected chi connectivity index (χ0v) is 17.2. The fourth-order valence-electron chi connectivity index (χ4n) is 4.40. The summed E-state index contributed by atoms with van der Waals surface area (Å²) >= 11 is 5.95. The summed E-state index contributed by atoms with van der Waals surface area (Å²) in [5.74, 6) is 1.66. The zero-order chi connectivity index (χ0) is 18.8. The van der Waals surface area contributed by atoms with E-state index < -0.39 is 0 Å². The largest absolute Gasteiger partial charge is 0.379 e. The van der Waals surface area contributed by atoms with Crippen molar-refractivity contribution in [2.75, 3.05) is 26.3 Å². The van der Waals surface area contributed by atoms with Crippen LogP contribution >= 0.6 is 12.2 Å². The first-order valence-corrected chi connectivity index (χ1v) is 10.6. The molecule has 2 atom stereocenters. The Hall–Kier alpha value is -1.50. The van der Waals surface area contributed by atoms with Gasteiger partial charge in [0.1, 0.15) is 0 Å². The van der Waals surface area contributed by atoms with Crippen molar-refractivity contribution in [2.45, 2.75) is 52.2 Å². The van der Waals surface area contributed by atoms with Gasteiger partial charge < -0.3 is 4.74 Å². The van der Waals surface area contributed by atoms with E-state index in [0.29, 0.717) is 12.0 Å². The van der Waals surface area contributed by atoms with Crippen LogP contribution in [0.4, 0.5) is 0 Å². The van der Waals surface area contributed by atoms with E-state index in [9.17, 15) is 0 Å². The van der Waals surface area contributed by atoms with Crippen LogP contribution in [0.1, 0.15) is 44.2 Å². The van der Waals surface area contributed by atoms with Crippen LogP contribution in [0, 0.1) is 17.6 Å². The van der Waals surface area contributed by atoms with Gasteiger partial charge in [0, 0.05) is 24.7 Å². The Bertz CT molecular complexity index is 837. The van der Waals surface area contributed by atoms with Gasteiger partial charge in [-0.25, -0.2) is 4.68 Å². The Kier molecular flexibility index (Phi) is 5.76. The molecule has 1 aliphatic heterocycles. The van der Waals surface area contributed by atoms with Gasteiger partial charge in [-0.1, -0.05) is 43.5 Å². The molecule has 1 aromatic carbocycles. The number of hydrogen-bond donors (Lipinski definition) is 0. The highest BCUT2D eigenvalue weighted by molar-refractivity contribution is 7.71. The van der Waals surface area contributed by atoms with E-state index in [-0.39, 0.29) is 0 Å². The molecule has 0 unspecified atom stereocenters. The molecule has 6 heteroatoms. The molecule has 2 fully saturated rings. The molecular formula is C21H30N4OS. The van der Waals surface area contributed by atoms with E-state index in [0.717, 1.165) is 43.6 Å². The van der Waals surface area contributed by atoms with Crippen LogP contribution in [0.15, 0.2) is 24.3 Å². The maximum absolute atomic E-state index is 5.95. The molecule has 0 N–H and O–H groups in total. The number of nitrogens with zero attached hydrogens (tertiary/aromatic N) is 4. The monoisotopic (exact) mass is 386 g/mol. The topological polar surface area (TPSA) is 35.2 Å². The van der Waals surface area contributed by atoms with Crippen LogP contribution in [0.5, 0.6) is 0 Å². The molecule has 27 heavy (non-hydrogen) atoms. The maximum atomic E-state index is 5.95.